The van der Waals surface area contributed by atoms with Crippen LogP contribution in [0, 0.1) is 5.82 Å². The van der Waals surface area contributed by atoms with E-state index in [1.807, 2.05) is 0 Å². The molecule has 22 heavy (non-hydrogen) atoms. The first-order valence-corrected chi connectivity index (χ1v) is 6.86. The number of aliphatic hydroxyl groups excluding tert-OH is 1. The van der Waals surface area contributed by atoms with E-state index in [-0.39, 0.29) is 24.8 Å². The zero-order valence-electron chi connectivity index (χ0n) is 11.7. The molecular weight excluding hydrogens is 287 g/mol. The number of amides is 1. The van der Waals surface area contributed by atoms with E-state index >= 15 is 0 Å². The molecule has 0 aliphatic heterocycles. The lowest BCUT2D eigenvalue weighted by molar-refractivity contribution is -0.121. The van der Waals surface area contributed by atoms with E-state index in [0.717, 1.165) is 5.52 Å². The van der Waals surface area contributed by atoms with Crippen LogP contribution in [-0.2, 0) is 11.2 Å². The smallest absolute Gasteiger partial charge is 0.225 e. The number of furan rings is 1. The number of aliphatic hydroxyl groups is 1. The SMILES string of the molecule is O=C(Cc1c[nH]c2ccc(F)cc12)NC(CO)c1ccco1. The molecule has 2 heterocycles. The van der Waals surface area contributed by atoms with Crippen molar-refractivity contribution in [3.05, 3.63) is 59.9 Å². The number of hydrogen-bond acceptors (Lipinski definition) is 3. The van der Waals surface area contributed by atoms with E-state index in [9.17, 15) is 14.3 Å². The molecule has 0 spiro atoms. The van der Waals surface area contributed by atoms with Gasteiger partial charge in [0.1, 0.15) is 17.6 Å². The maximum Gasteiger partial charge on any atom is 0.225 e. The van der Waals surface area contributed by atoms with Crippen molar-refractivity contribution in [3.8, 4) is 0 Å². The van der Waals surface area contributed by atoms with Gasteiger partial charge < -0.3 is 19.8 Å². The normalized spacial score (nSPS) is 12.5. The predicted molar refractivity (Wildman–Crippen MR) is 78.6 cm³/mol. The summed E-state index contributed by atoms with van der Waals surface area (Å²) in [5.41, 5.74) is 1.47. The highest BCUT2D eigenvalue weighted by Gasteiger charge is 2.17. The highest BCUT2D eigenvalue weighted by Crippen LogP contribution is 2.20. The van der Waals surface area contributed by atoms with Crippen molar-refractivity contribution in [2.24, 2.45) is 0 Å². The highest BCUT2D eigenvalue weighted by atomic mass is 19.1. The second-order valence-electron chi connectivity index (χ2n) is 5.00. The summed E-state index contributed by atoms with van der Waals surface area (Å²) in [6.07, 6.45) is 3.25. The summed E-state index contributed by atoms with van der Waals surface area (Å²) in [5.74, 6) is -0.140. The van der Waals surface area contributed by atoms with Gasteiger partial charge in [-0.2, -0.15) is 0 Å². The van der Waals surface area contributed by atoms with Crippen LogP contribution in [0.1, 0.15) is 17.4 Å². The number of rotatable bonds is 5. The van der Waals surface area contributed by atoms with Crippen LogP contribution in [0.25, 0.3) is 10.9 Å². The number of carbonyl (C=O) groups excluding carboxylic acids is 1. The van der Waals surface area contributed by atoms with Gasteiger partial charge >= 0.3 is 0 Å². The van der Waals surface area contributed by atoms with Gasteiger partial charge in [-0.1, -0.05) is 0 Å². The summed E-state index contributed by atoms with van der Waals surface area (Å²) in [7, 11) is 0. The summed E-state index contributed by atoms with van der Waals surface area (Å²) in [5, 5.41) is 12.7. The van der Waals surface area contributed by atoms with Crippen LogP contribution >= 0.6 is 0 Å². The average molecular weight is 302 g/mol. The number of H-pyrrole nitrogens is 1. The summed E-state index contributed by atoms with van der Waals surface area (Å²) in [6, 6.07) is 7.16. The fraction of sp³-hybridized carbons (Fsp3) is 0.188. The van der Waals surface area contributed by atoms with Crippen LogP contribution in [-0.4, -0.2) is 22.6 Å². The number of hydrogen-bond donors (Lipinski definition) is 3. The molecule has 0 bridgehead atoms. The molecule has 3 aromatic rings. The molecule has 114 valence electrons. The first-order chi connectivity index (χ1) is 10.7. The largest absolute Gasteiger partial charge is 0.467 e. The van der Waals surface area contributed by atoms with Gasteiger partial charge in [0.2, 0.25) is 5.91 Å². The maximum absolute atomic E-state index is 13.3. The number of benzene rings is 1. The fourth-order valence-electron chi connectivity index (χ4n) is 2.41. The number of aromatic nitrogens is 1. The van der Waals surface area contributed by atoms with Crippen LogP contribution in [0.2, 0.25) is 0 Å². The summed E-state index contributed by atoms with van der Waals surface area (Å²) in [4.78, 5) is 15.1. The lowest BCUT2D eigenvalue weighted by atomic mass is 10.1. The van der Waals surface area contributed by atoms with Crippen molar-refractivity contribution in [3.63, 3.8) is 0 Å². The molecule has 1 aromatic carbocycles. The van der Waals surface area contributed by atoms with Crippen LogP contribution < -0.4 is 5.32 Å². The minimum atomic E-state index is -0.593. The Labute approximate surface area is 125 Å². The van der Waals surface area contributed by atoms with E-state index in [2.05, 4.69) is 10.3 Å². The Balaban J connectivity index is 1.74. The first kappa shape index (κ1) is 14.3. The van der Waals surface area contributed by atoms with Gasteiger partial charge in [-0.3, -0.25) is 4.79 Å². The van der Waals surface area contributed by atoms with Crippen molar-refractivity contribution in [1.29, 1.82) is 0 Å². The van der Waals surface area contributed by atoms with Crippen molar-refractivity contribution in [2.45, 2.75) is 12.5 Å². The van der Waals surface area contributed by atoms with Gasteiger partial charge in [-0.25, -0.2) is 4.39 Å². The van der Waals surface area contributed by atoms with Crippen molar-refractivity contribution >= 4 is 16.8 Å². The summed E-state index contributed by atoms with van der Waals surface area (Å²) >= 11 is 0. The number of fused-ring (bicyclic) bond motifs is 1. The van der Waals surface area contributed by atoms with Crippen molar-refractivity contribution in [1.82, 2.24) is 10.3 Å². The third kappa shape index (κ3) is 2.87. The summed E-state index contributed by atoms with van der Waals surface area (Å²) < 4.78 is 18.5. The third-order valence-corrected chi connectivity index (χ3v) is 3.48. The molecule has 1 unspecified atom stereocenters. The number of aromatic amines is 1. The van der Waals surface area contributed by atoms with E-state index in [0.29, 0.717) is 16.7 Å². The van der Waals surface area contributed by atoms with Crippen LogP contribution in [0.3, 0.4) is 0 Å². The number of halogens is 1. The lowest BCUT2D eigenvalue weighted by Crippen LogP contribution is -2.31. The Morgan fingerprint density at radius 2 is 2.27 bits per heavy atom. The Kier molecular flexibility index (Phi) is 3.93. The van der Waals surface area contributed by atoms with Gasteiger partial charge in [0.25, 0.3) is 0 Å². The predicted octanol–water partition coefficient (Wildman–Crippen LogP) is 2.29. The summed E-state index contributed by atoms with van der Waals surface area (Å²) in [6.45, 7) is -0.262. The lowest BCUT2D eigenvalue weighted by Gasteiger charge is -2.13. The van der Waals surface area contributed by atoms with Crippen LogP contribution in [0.15, 0.2) is 47.2 Å². The molecule has 0 saturated heterocycles. The van der Waals surface area contributed by atoms with Crippen LogP contribution in [0.4, 0.5) is 4.39 Å². The van der Waals surface area contributed by atoms with E-state index in [1.54, 1.807) is 24.4 Å². The minimum Gasteiger partial charge on any atom is -0.467 e. The zero-order valence-corrected chi connectivity index (χ0v) is 11.7. The van der Waals surface area contributed by atoms with E-state index in [1.165, 1.54) is 18.4 Å². The Morgan fingerprint density at radius 3 is 3.00 bits per heavy atom. The maximum atomic E-state index is 13.3. The molecule has 3 N–H and O–H groups in total. The van der Waals surface area contributed by atoms with Gasteiger partial charge in [-0.05, 0) is 35.9 Å². The van der Waals surface area contributed by atoms with Gasteiger partial charge in [0.05, 0.1) is 19.3 Å². The van der Waals surface area contributed by atoms with Crippen molar-refractivity contribution in [2.75, 3.05) is 6.61 Å². The zero-order chi connectivity index (χ0) is 15.5. The van der Waals surface area contributed by atoms with Crippen LogP contribution in [0.5, 0.6) is 0 Å². The van der Waals surface area contributed by atoms with E-state index in [4.69, 9.17) is 4.42 Å². The Hall–Kier alpha value is -2.60. The molecule has 2 aromatic heterocycles. The molecular formula is C16H15FN2O3. The number of nitrogens with one attached hydrogen (secondary N) is 2. The number of carbonyl (C=O) groups is 1. The molecule has 1 amide bonds. The average Bonchev–Trinajstić information content (AvgIpc) is 3.15. The molecule has 0 radical (unpaired) electrons. The second kappa shape index (κ2) is 6.03. The molecule has 0 aliphatic rings. The third-order valence-electron chi connectivity index (χ3n) is 3.48. The highest BCUT2D eigenvalue weighted by molar-refractivity contribution is 5.89. The van der Waals surface area contributed by atoms with Gasteiger partial charge in [0.15, 0.2) is 0 Å². The monoisotopic (exact) mass is 302 g/mol. The molecule has 3 rings (SSSR count). The standard InChI is InChI=1S/C16H15FN2O3/c17-11-3-4-13-12(7-11)10(8-18-13)6-16(21)19-14(9-20)15-2-1-5-22-15/h1-5,7-8,14,18,20H,6,9H2,(H,19,21). The topological polar surface area (TPSA) is 78.3 Å². The Morgan fingerprint density at radius 1 is 1.41 bits per heavy atom. The van der Waals surface area contributed by atoms with Crippen molar-refractivity contribution < 1.29 is 18.7 Å². The molecule has 0 saturated carbocycles. The Bertz CT molecular complexity index is 780. The molecule has 0 fully saturated rings. The van der Waals surface area contributed by atoms with E-state index < -0.39 is 6.04 Å². The molecule has 6 heteroatoms. The second-order valence-corrected chi connectivity index (χ2v) is 5.00. The van der Waals surface area contributed by atoms with Gasteiger partial charge in [0, 0.05) is 17.1 Å². The molecule has 1 atom stereocenters. The fourth-order valence-corrected chi connectivity index (χ4v) is 2.41. The molecule has 5 nitrogen and oxygen atoms in total. The quantitative estimate of drug-likeness (QED) is 0.676. The molecule has 0 aliphatic carbocycles. The van der Waals surface area contributed by atoms with Gasteiger partial charge in [-0.15, -0.1) is 0 Å². The first-order valence-electron chi connectivity index (χ1n) is 6.86. The minimum absolute atomic E-state index is 0.0840.